The molecule has 0 aromatic rings. The highest BCUT2D eigenvalue weighted by molar-refractivity contribution is 5.76. The number of carboxylic acids is 1. The lowest BCUT2D eigenvalue weighted by molar-refractivity contribution is -0.250. The van der Waals surface area contributed by atoms with Crippen molar-refractivity contribution in [2.45, 2.75) is 133 Å². The number of aliphatic hydroxyl groups is 1. The molecule has 6 nitrogen and oxygen atoms in total. The van der Waals surface area contributed by atoms with Gasteiger partial charge in [0.15, 0.2) is 6.79 Å². The van der Waals surface area contributed by atoms with Gasteiger partial charge in [0.2, 0.25) is 0 Å². The third kappa shape index (κ3) is 4.53. The number of rotatable bonds is 6. The third-order valence-corrected chi connectivity index (χ3v) is 14.9. The largest absolute Gasteiger partial charge is 0.481 e. The molecule has 5 rings (SSSR count). The number of carbonyl (C=O) groups is 2. The number of carboxylic acid groups (broad SMARTS) is 1. The van der Waals surface area contributed by atoms with Crippen LogP contribution in [-0.2, 0) is 19.1 Å². The topological polar surface area (TPSA) is 93.1 Å². The second-order valence-electron chi connectivity index (χ2n) is 17.9. The van der Waals surface area contributed by atoms with E-state index in [9.17, 15) is 19.8 Å². The molecule has 6 heteroatoms. The molecular formula is C36H60O6. The van der Waals surface area contributed by atoms with Crippen molar-refractivity contribution in [2.24, 2.45) is 68.0 Å². The number of fused-ring (bicyclic) bond motifs is 7. The Morgan fingerprint density at radius 3 is 2.19 bits per heavy atom. The van der Waals surface area contributed by atoms with Crippen LogP contribution in [0.1, 0.15) is 127 Å². The van der Waals surface area contributed by atoms with Crippen molar-refractivity contribution >= 4 is 11.9 Å². The number of aliphatic hydroxyl groups excluding tert-OH is 1. The summed E-state index contributed by atoms with van der Waals surface area (Å²) in [4.78, 5) is 25.3. The van der Waals surface area contributed by atoms with Gasteiger partial charge in [-0.25, -0.2) is 0 Å². The third-order valence-electron chi connectivity index (χ3n) is 14.9. The molecule has 5 saturated carbocycles. The number of aliphatic carboxylic acids is 1. The van der Waals surface area contributed by atoms with Crippen LogP contribution in [0.5, 0.6) is 0 Å². The Kier molecular flexibility index (Phi) is 8.03. The average Bonchev–Trinajstić information content (AvgIpc) is 3.30. The summed E-state index contributed by atoms with van der Waals surface area (Å²) in [6.45, 7) is 20.4. The monoisotopic (exact) mass is 588 g/mol. The summed E-state index contributed by atoms with van der Waals surface area (Å²) in [7, 11) is 0. The van der Waals surface area contributed by atoms with E-state index in [1.807, 2.05) is 20.8 Å². The normalized spacial score (nSPS) is 46.9. The van der Waals surface area contributed by atoms with E-state index in [2.05, 4.69) is 41.5 Å². The molecule has 0 bridgehead atoms. The van der Waals surface area contributed by atoms with Crippen LogP contribution >= 0.6 is 0 Å². The van der Waals surface area contributed by atoms with Gasteiger partial charge in [0, 0.05) is 0 Å². The molecule has 0 saturated heterocycles. The average molecular weight is 589 g/mol. The van der Waals surface area contributed by atoms with Crippen LogP contribution in [0.15, 0.2) is 0 Å². The summed E-state index contributed by atoms with van der Waals surface area (Å²) in [5.74, 6) is 1.30. The lowest BCUT2D eigenvalue weighted by Crippen LogP contribution is -2.67. The van der Waals surface area contributed by atoms with Crippen molar-refractivity contribution < 1.29 is 29.3 Å². The van der Waals surface area contributed by atoms with Crippen molar-refractivity contribution in [1.82, 2.24) is 0 Å². The second kappa shape index (κ2) is 10.5. The Hall–Kier alpha value is -1.14. The maximum Gasteiger partial charge on any atom is 0.313 e. The summed E-state index contributed by atoms with van der Waals surface area (Å²) < 4.78 is 11.3. The molecule has 240 valence electrons. The van der Waals surface area contributed by atoms with Crippen molar-refractivity contribution in [3.05, 3.63) is 0 Å². The molecule has 0 radical (unpaired) electrons. The predicted molar refractivity (Wildman–Crippen MR) is 163 cm³/mol. The van der Waals surface area contributed by atoms with Crippen LogP contribution in [-0.4, -0.2) is 41.7 Å². The molecular weight excluding hydrogens is 528 g/mol. The van der Waals surface area contributed by atoms with Crippen molar-refractivity contribution in [3.63, 3.8) is 0 Å². The fraction of sp³-hybridized carbons (Fsp3) is 0.944. The first kappa shape index (κ1) is 32.3. The van der Waals surface area contributed by atoms with Crippen LogP contribution in [0.2, 0.25) is 0 Å². The van der Waals surface area contributed by atoms with Gasteiger partial charge in [-0.2, -0.15) is 0 Å². The summed E-state index contributed by atoms with van der Waals surface area (Å²) >= 11 is 0. The summed E-state index contributed by atoms with van der Waals surface area (Å²) in [5, 5.41) is 21.8. The molecule has 0 heterocycles. The summed E-state index contributed by atoms with van der Waals surface area (Å²) in [6.07, 6.45) is 9.85. The van der Waals surface area contributed by atoms with Crippen LogP contribution in [0.25, 0.3) is 0 Å². The molecule has 5 fully saturated rings. The van der Waals surface area contributed by atoms with Gasteiger partial charge in [-0.1, -0.05) is 41.5 Å². The van der Waals surface area contributed by atoms with E-state index in [0.29, 0.717) is 30.3 Å². The minimum Gasteiger partial charge on any atom is -0.481 e. The highest BCUT2D eigenvalue weighted by Crippen LogP contribution is 2.77. The Labute approximate surface area is 255 Å². The van der Waals surface area contributed by atoms with Crippen LogP contribution in [0, 0.1) is 68.0 Å². The molecule has 5 unspecified atom stereocenters. The van der Waals surface area contributed by atoms with Gasteiger partial charge in [0.25, 0.3) is 0 Å². The zero-order chi connectivity index (χ0) is 31.1. The van der Waals surface area contributed by atoms with E-state index >= 15 is 0 Å². The molecule has 5 aliphatic rings. The SMILES string of the molecule is CC(COCOC(=O)C(C)(C)C)[C@@H]1CC[C@]2(C(=O)O)CC[C@]3(C)C(CCC4[C@@]5(C)CC[C@H](O)C(C)(C)C5CC[C@]43C)C12. The van der Waals surface area contributed by atoms with Gasteiger partial charge < -0.3 is 19.7 Å². The molecule has 0 spiro atoms. The Balaban J connectivity index is 1.40. The van der Waals surface area contributed by atoms with Crippen LogP contribution < -0.4 is 0 Å². The minimum atomic E-state index is -0.636. The standard InChI is InChI=1S/C36H60O6/c1-22(20-41-21-42-30(40)31(2,3)4)23-12-17-36(29(38)39)19-18-34(8)24(28(23)36)10-11-26-33(7)15-14-27(37)32(5,6)25(33)13-16-35(26,34)9/h22-28,37H,10-21H2,1-9H3,(H,38,39)/t22?,23-,24?,25?,26?,27-,28?,33-,34+,35+,36-/m0/s1. The van der Waals surface area contributed by atoms with Gasteiger partial charge in [-0.05, 0) is 142 Å². The zero-order valence-electron chi connectivity index (χ0n) is 28.1. The first-order valence-corrected chi connectivity index (χ1v) is 17.0. The van der Waals surface area contributed by atoms with Gasteiger partial charge in [-0.3, -0.25) is 9.59 Å². The molecule has 0 amide bonds. The lowest BCUT2D eigenvalue weighted by atomic mass is 9.32. The number of esters is 1. The smallest absolute Gasteiger partial charge is 0.313 e. The fourth-order valence-corrected chi connectivity index (χ4v) is 12.3. The van der Waals surface area contributed by atoms with E-state index in [-0.39, 0.29) is 52.4 Å². The Morgan fingerprint density at radius 2 is 1.55 bits per heavy atom. The Morgan fingerprint density at radius 1 is 0.857 bits per heavy atom. The molecule has 42 heavy (non-hydrogen) atoms. The molecule has 0 aromatic carbocycles. The van der Waals surface area contributed by atoms with E-state index < -0.39 is 16.8 Å². The number of ether oxygens (including phenoxy) is 2. The molecule has 0 aliphatic heterocycles. The van der Waals surface area contributed by atoms with E-state index in [0.717, 1.165) is 51.4 Å². The van der Waals surface area contributed by atoms with Gasteiger partial charge >= 0.3 is 11.9 Å². The van der Waals surface area contributed by atoms with E-state index in [1.165, 1.54) is 12.8 Å². The maximum atomic E-state index is 13.1. The Bertz CT molecular complexity index is 1060. The fourth-order valence-electron chi connectivity index (χ4n) is 12.3. The maximum absolute atomic E-state index is 13.1. The molecule has 2 N–H and O–H groups in total. The lowest BCUT2D eigenvalue weighted by Gasteiger charge is -2.72. The van der Waals surface area contributed by atoms with Crippen molar-refractivity contribution in [2.75, 3.05) is 13.4 Å². The first-order valence-electron chi connectivity index (χ1n) is 17.0. The molecule has 5 aliphatic carbocycles. The van der Waals surface area contributed by atoms with Crippen molar-refractivity contribution in [3.8, 4) is 0 Å². The second-order valence-corrected chi connectivity index (χ2v) is 17.9. The van der Waals surface area contributed by atoms with Gasteiger partial charge in [-0.15, -0.1) is 0 Å². The highest BCUT2D eigenvalue weighted by Gasteiger charge is 2.72. The molecule has 11 atom stereocenters. The number of carbonyl (C=O) groups excluding carboxylic acids is 1. The molecule has 0 aromatic heterocycles. The number of hydrogen-bond acceptors (Lipinski definition) is 5. The first-order chi connectivity index (χ1) is 19.4. The van der Waals surface area contributed by atoms with Gasteiger partial charge in [0.05, 0.1) is 23.5 Å². The minimum absolute atomic E-state index is 0.0480. The predicted octanol–water partition coefficient (Wildman–Crippen LogP) is 7.71. The van der Waals surface area contributed by atoms with E-state index in [4.69, 9.17) is 9.47 Å². The van der Waals surface area contributed by atoms with Gasteiger partial charge in [0.1, 0.15) is 0 Å². The van der Waals surface area contributed by atoms with E-state index in [1.54, 1.807) is 0 Å². The van der Waals surface area contributed by atoms with Crippen molar-refractivity contribution in [1.29, 1.82) is 0 Å². The summed E-state index contributed by atoms with van der Waals surface area (Å²) in [5.41, 5.74) is -0.789. The quantitative estimate of drug-likeness (QED) is 0.188. The van der Waals surface area contributed by atoms with Crippen LogP contribution in [0.4, 0.5) is 0 Å². The summed E-state index contributed by atoms with van der Waals surface area (Å²) in [6, 6.07) is 0. The highest BCUT2D eigenvalue weighted by atomic mass is 16.7. The number of hydrogen-bond donors (Lipinski definition) is 2. The zero-order valence-corrected chi connectivity index (χ0v) is 28.1. The van der Waals surface area contributed by atoms with Crippen LogP contribution in [0.3, 0.4) is 0 Å².